The van der Waals surface area contributed by atoms with Crippen LogP contribution < -0.4 is 15.4 Å². The first-order valence-electron chi connectivity index (χ1n) is 9.51. The van der Waals surface area contributed by atoms with E-state index in [4.69, 9.17) is 9.47 Å². The summed E-state index contributed by atoms with van der Waals surface area (Å²) in [4.78, 5) is 25.5. The third-order valence-corrected chi connectivity index (χ3v) is 4.90. The Morgan fingerprint density at radius 3 is 2.73 bits per heavy atom. The highest BCUT2D eigenvalue weighted by atomic mass is 16.5. The summed E-state index contributed by atoms with van der Waals surface area (Å²) < 4.78 is 12.1. The van der Waals surface area contributed by atoms with Gasteiger partial charge in [0.05, 0.1) is 25.8 Å². The second kappa shape index (κ2) is 8.38. The number of benzene rings is 2. The number of aromatic nitrogens is 2. The maximum Gasteiger partial charge on any atom is 0.249 e. The fourth-order valence-electron chi connectivity index (χ4n) is 3.55. The molecule has 1 atom stereocenters. The molecule has 1 aromatic heterocycles. The molecule has 8 heteroatoms. The third-order valence-electron chi connectivity index (χ3n) is 4.90. The van der Waals surface area contributed by atoms with Crippen LogP contribution in [0.25, 0.3) is 11.1 Å². The monoisotopic (exact) mass is 406 g/mol. The maximum atomic E-state index is 13.1. The molecule has 2 N–H and O–H groups in total. The van der Waals surface area contributed by atoms with Crippen molar-refractivity contribution in [2.45, 2.75) is 19.1 Å². The smallest absolute Gasteiger partial charge is 0.249 e. The molecule has 0 saturated carbocycles. The summed E-state index contributed by atoms with van der Waals surface area (Å²) in [5, 5.41) is 10.4. The van der Waals surface area contributed by atoms with Gasteiger partial charge in [-0.2, -0.15) is 5.10 Å². The molecule has 2 aromatic carbocycles. The van der Waals surface area contributed by atoms with Crippen LogP contribution in [0.4, 0.5) is 11.5 Å². The fourth-order valence-corrected chi connectivity index (χ4v) is 3.55. The van der Waals surface area contributed by atoms with Crippen molar-refractivity contribution in [2.24, 2.45) is 0 Å². The Morgan fingerprint density at radius 1 is 1.20 bits per heavy atom. The van der Waals surface area contributed by atoms with E-state index in [-0.39, 0.29) is 24.8 Å². The lowest BCUT2D eigenvalue weighted by molar-refractivity contribution is -0.125. The summed E-state index contributed by atoms with van der Waals surface area (Å²) >= 11 is 0. The number of methoxy groups -OCH3 is 2. The van der Waals surface area contributed by atoms with Crippen molar-refractivity contribution in [2.75, 3.05) is 24.9 Å². The molecule has 0 aliphatic carbocycles. The van der Waals surface area contributed by atoms with Gasteiger partial charge in [-0.05, 0) is 17.7 Å². The maximum absolute atomic E-state index is 13.1. The Morgan fingerprint density at radius 2 is 2.00 bits per heavy atom. The topological polar surface area (TPSA) is 94.5 Å². The van der Waals surface area contributed by atoms with Crippen LogP contribution in [0.3, 0.4) is 0 Å². The first kappa shape index (κ1) is 19.7. The molecule has 1 unspecified atom stereocenters. The molecule has 30 heavy (non-hydrogen) atoms. The number of amides is 2. The van der Waals surface area contributed by atoms with Gasteiger partial charge in [-0.25, -0.2) is 4.68 Å². The predicted molar refractivity (Wildman–Crippen MR) is 112 cm³/mol. The van der Waals surface area contributed by atoms with E-state index in [9.17, 15) is 9.59 Å². The van der Waals surface area contributed by atoms with Gasteiger partial charge >= 0.3 is 0 Å². The number of carbonyl (C=O) groups excluding carboxylic acids is 2. The number of anilines is 2. The van der Waals surface area contributed by atoms with Gasteiger partial charge in [-0.15, -0.1) is 0 Å². The Labute approximate surface area is 173 Å². The fraction of sp³-hybridized carbons (Fsp3) is 0.227. The normalized spacial score (nSPS) is 15.3. The van der Waals surface area contributed by atoms with Gasteiger partial charge in [0.25, 0.3) is 0 Å². The quantitative estimate of drug-likeness (QED) is 0.655. The predicted octanol–water partition coefficient (Wildman–Crippen LogP) is 3.23. The average molecular weight is 406 g/mol. The molecule has 0 spiro atoms. The van der Waals surface area contributed by atoms with Crippen molar-refractivity contribution >= 4 is 23.3 Å². The minimum absolute atomic E-state index is 0.00880. The number of hydrogen-bond acceptors (Lipinski definition) is 5. The first-order chi connectivity index (χ1) is 14.6. The van der Waals surface area contributed by atoms with Gasteiger partial charge in [0.2, 0.25) is 11.8 Å². The van der Waals surface area contributed by atoms with E-state index >= 15 is 0 Å². The van der Waals surface area contributed by atoms with Crippen LogP contribution in [0.5, 0.6) is 5.75 Å². The second-order valence-corrected chi connectivity index (χ2v) is 6.90. The molecule has 2 heterocycles. The molecule has 2 amide bonds. The number of nitrogens with zero attached hydrogens (tertiary/aromatic N) is 2. The van der Waals surface area contributed by atoms with Gasteiger partial charge in [0, 0.05) is 24.4 Å². The zero-order valence-electron chi connectivity index (χ0n) is 16.7. The molecule has 4 rings (SSSR count). The third kappa shape index (κ3) is 3.77. The van der Waals surface area contributed by atoms with E-state index in [2.05, 4.69) is 15.7 Å². The molecule has 0 saturated heterocycles. The molecule has 1 aliphatic heterocycles. The minimum atomic E-state index is -0.784. The molecule has 154 valence electrons. The largest absolute Gasteiger partial charge is 0.497 e. The van der Waals surface area contributed by atoms with E-state index in [0.717, 1.165) is 11.1 Å². The second-order valence-electron chi connectivity index (χ2n) is 6.90. The summed E-state index contributed by atoms with van der Waals surface area (Å²) in [5.74, 6) is 0.553. The van der Waals surface area contributed by atoms with Crippen molar-refractivity contribution in [3.8, 4) is 16.9 Å². The number of nitrogens with one attached hydrogen (secondary N) is 2. The lowest BCUT2D eigenvalue weighted by Gasteiger charge is -2.24. The highest BCUT2D eigenvalue weighted by Gasteiger charge is 2.35. The van der Waals surface area contributed by atoms with Crippen molar-refractivity contribution in [3.05, 3.63) is 60.3 Å². The summed E-state index contributed by atoms with van der Waals surface area (Å²) in [6, 6.07) is 15.9. The number of carbonyl (C=O) groups is 2. The van der Waals surface area contributed by atoms with Gasteiger partial charge in [-0.1, -0.05) is 36.4 Å². The van der Waals surface area contributed by atoms with Gasteiger partial charge in [0.15, 0.2) is 0 Å². The standard InChI is InChI=1S/C22H22N4O4/c1-29-13-17-20(14-7-4-3-5-8-14)21-24-19(27)12-18(26(21)25-17)22(28)23-15-9-6-10-16(11-15)30-2/h3-11,18H,12-13H2,1-2H3,(H,23,28)(H,24,27). The zero-order valence-corrected chi connectivity index (χ0v) is 16.7. The van der Waals surface area contributed by atoms with E-state index < -0.39 is 6.04 Å². The van der Waals surface area contributed by atoms with Crippen molar-refractivity contribution in [1.82, 2.24) is 9.78 Å². The van der Waals surface area contributed by atoms with E-state index in [1.54, 1.807) is 43.2 Å². The Balaban J connectivity index is 1.72. The number of ether oxygens (including phenoxy) is 2. The summed E-state index contributed by atoms with van der Waals surface area (Å²) in [6.07, 6.45) is -0.00880. The highest BCUT2D eigenvalue weighted by molar-refractivity contribution is 6.03. The lowest BCUT2D eigenvalue weighted by atomic mass is 10.0. The van der Waals surface area contributed by atoms with E-state index in [1.165, 1.54) is 0 Å². The molecule has 0 bridgehead atoms. The zero-order chi connectivity index (χ0) is 21.1. The Kier molecular flexibility index (Phi) is 5.49. The molecule has 0 radical (unpaired) electrons. The Hall–Kier alpha value is -3.65. The highest BCUT2D eigenvalue weighted by Crippen LogP contribution is 2.37. The van der Waals surface area contributed by atoms with Crippen molar-refractivity contribution in [3.63, 3.8) is 0 Å². The molecule has 1 aliphatic rings. The van der Waals surface area contributed by atoms with Crippen LogP contribution in [0.15, 0.2) is 54.6 Å². The summed E-state index contributed by atoms with van der Waals surface area (Å²) in [5.41, 5.74) is 2.88. The van der Waals surface area contributed by atoms with Crippen LogP contribution in [0.1, 0.15) is 18.2 Å². The molecular formula is C22H22N4O4. The van der Waals surface area contributed by atoms with E-state index in [0.29, 0.717) is 22.9 Å². The molecular weight excluding hydrogens is 384 g/mol. The van der Waals surface area contributed by atoms with Crippen LogP contribution in [-0.2, 0) is 20.9 Å². The molecule has 3 aromatic rings. The lowest BCUT2D eigenvalue weighted by Crippen LogP contribution is -2.35. The van der Waals surface area contributed by atoms with Gasteiger partial charge in [-0.3, -0.25) is 9.59 Å². The summed E-state index contributed by atoms with van der Waals surface area (Å²) in [7, 11) is 3.14. The minimum Gasteiger partial charge on any atom is -0.497 e. The van der Waals surface area contributed by atoms with Crippen LogP contribution in [0, 0.1) is 0 Å². The van der Waals surface area contributed by atoms with Crippen LogP contribution in [-0.4, -0.2) is 35.8 Å². The number of rotatable bonds is 6. The van der Waals surface area contributed by atoms with Gasteiger partial charge < -0.3 is 20.1 Å². The molecule has 0 fully saturated rings. The summed E-state index contributed by atoms with van der Waals surface area (Å²) in [6.45, 7) is 0.254. The average Bonchev–Trinajstić information content (AvgIpc) is 3.11. The molecule has 8 nitrogen and oxygen atoms in total. The number of hydrogen-bond donors (Lipinski definition) is 2. The number of fused-ring (bicyclic) bond motifs is 1. The van der Waals surface area contributed by atoms with Crippen LogP contribution in [0.2, 0.25) is 0 Å². The van der Waals surface area contributed by atoms with Gasteiger partial charge in [0.1, 0.15) is 17.6 Å². The van der Waals surface area contributed by atoms with Crippen LogP contribution >= 0.6 is 0 Å². The first-order valence-corrected chi connectivity index (χ1v) is 9.51. The van der Waals surface area contributed by atoms with Crippen molar-refractivity contribution in [1.29, 1.82) is 0 Å². The van der Waals surface area contributed by atoms with E-state index in [1.807, 2.05) is 30.3 Å². The van der Waals surface area contributed by atoms with Crippen molar-refractivity contribution < 1.29 is 19.1 Å². The SMILES string of the molecule is COCc1nn2c(c1-c1ccccc1)NC(=O)CC2C(=O)Nc1cccc(OC)c1. The Bertz CT molecular complexity index is 1080.